The lowest BCUT2D eigenvalue weighted by Gasteiger charge is -2.07. The van der Waals surface area contributed by atoms with Crippen molar-refractivity contribution in [2.45, 2.75) is 19.9 Å². The van der Waals surface area contributed by atoms with Crippen LogP contribution in [0.25, 0.3) is 11.3 Å². The molecule has 0 aliphatic carbocycles. The van der Waals surface area contributed by atoms with Crippen molar-refractivity contribution >= 4 is 0 Å². The zero-order valence-corrected chi connectivity index (χ0v) is 10.7. The van der Waals surface area contributed by atoms with E-state index in [1.165, 1.54) is 6.07 Å². The van der Waals surface area contributed by atoms with Crippen LogP contribution in [-0.4, -0.2) is 21.5 Å². The highest BCUT2D eigenvalue weighted by atomic mass is 19.1. The van der Waals surface area contributed by atoms with Gasteiger partial charge in [-0.15, -0.1) is 5.10 Å². The topological polar surface area (TPSA) is 42.7 Å². The molecule has 0 amide bonds. The fraction of sp³-hybridized carbons (Fsp3) is 0.385. The Kier molecular flexibility index (Phi) is 4.04. The second-order valence-electron chi connectivity index (χ2n) is 4.23. The van der Waals surface area contributed by atoms with Crippen LogP contribution in [-0.2, 0) is 13.6 Å². The average Bonchev–Trinajstić information content (AvgIpc) is 2.78. The SMILES string of the molecule is CCCNCc1ccc(F)c(-c2cnnn2C)c1. The molecule has 4 nitrogen and oxygen atoms in total. The van der Waals surface area contributed by atoms with Crippen molar-refractivity contribution < 1.29 is 4.39 Å². The standard InChI is InChI=1S/C13H17FN4/c1-3-6-15-8-10-4-5-12(14)11(7-10)13-9-16-17-18(13)2/h4-5,7,9,15H,3,6,8H2,1-2H3. The maximum absolute atomic E-state index is 13.8. The number of hydrogen-bond acceptors (Lipinski definition) is 3. The molecule has 1 aromatic carbocycles. The second kappa shape index (κ2) is 5.73. The Morgan fingerprint density at radius 3 is 2.89 bits per heavy atom. The van der Waals surface area contributed by atoms with E-state index in [1.807, 2.05) is 6.07 Å². The Morgan fingerprint density at radius 2 is 2.22 bits per heavy atom. The van der Waals surface area contributed by atoms with Crippen LogP contribution in [0.1, 0.15) is 18.9 Å². The zero-order valence-electron chi connectivity index (χ0n) is 10.7. The summed E-state index contributed by atoms with van der Waals surface area (Å²) in [5, 5.41) is 10.9. The third-order valence-electron chi connectivity index (χ3n) is 2.78. The fourth-order valence-corrected chi connectivity index (χ4v) is 1.82. The number of halogens is 1. The molecule has 0 saturated carbocycles. The lowest BCUT2D eigenvalue weighted by Crippen LogP contribution is -2.13. The van der Waals surface area contributed by atoms with Crippen LogP contribution in [0.3, 0.4) is 0 Å². The number of hydrogen-bond donors (Lipinski definition) is 1. The van der Waals surface area contributed by atoms with Gasteiger partial charge >= 0.3 is 0 Å². The molecule has 0 atom stereocenters. The van der Waals surface area contributed by atoms with Gasteiger partial charge in [-0.1, -0.05) is 18.2 Å². The molecule has 0 saturated heterocycles. The summed E-state index contributed by atoms with van der Waals surface area (Å²) in [5.74, 6) is -0.250. The summed E-state index contributed by atoms with van der Waals surface area (Å²) in [4.78, 5) is 0. The summed E-state index contributed by atoms with van der Waals surface area (Å²) < 4.78 is 15.4. The molecular weight excluding hydrogens is 231 g/mol. The number of nitrogens with one attached hydrogen (secondary N) is 1. The van der Waals surface area contributed by atoms with Crippen molar-refractivity contribution in [1.29, 1.82) is 0 Å². The van der Waals surface area contributed by atoms with E-state index in [-0.39, 0.29) is 5.82 Å². The molecule has 0 radical (unpaired) electrons. The van der Waals surface area contributed by atoms with Crippen LogP contribution in [0.2, 0.25) is 0 Å². The lowest BCUT2D eigenvalue weighted by atomic mass is 10.1. The molecule has 0 spiro atoms. The smallest absolute Gasteiger partial charge is 0.132 e. The van der Waals surface area contributed by atoms with Gasteiger partial charge in [0.05, 0.1) is 11.9 Å². The molecule has 0 aliphatic rings. The molecule has 0 unspecified atom stereocenters. The molecule has 1 heterocycles. The number of aryl methyl sites for hydroxylation is 1. The number of aromatic nitrogens is 3. The molecule has 1 N–H and O–H groups in total. The van der Waals surface area contributed by atoms with Gasteiger partial charge in [-0.25, -0.2) is 9.07 Å². The van der Waals surface area contributed by atoms with Crippen LogP contribution in [0, 0.1) is 5.82 Å². The maximum atomic E-state index is 13.8. The monoisotopic (exact) mass is 248 g/mol. The average molecular weight is 248 g/mol. The Bertz CT molecular complexity index is 521. The minimum absolute atomic E-state index is 0.250. The van der Waals surface area contributed by atoms with Crippen molar-refractivity contribution in [1.82, 2.24) is 20.3 Å². The Balaban J connectivity index is 2.25. The summed E-state index contributed by atoms with van der Waals surface area (Å²) in [6.07, 6.45) is 2.65. The zero-order chi connectivity index (χ0) is 13.0. The van der Waals surface area contributed by atoms with Gasteiger partial charge in [-0.2, -0.15) is 0 Å². The highest BCUT2D eigenvalue weighted by Crippen LogP contribution is 2.22. The highest BCUT2D eigenvalue weighted by molar-refractivity contribution is 5.60. The quantitative estimate of drug-likeness (QED) is 0.824. The highest BCUT2D eigenvalue weighted by Gasteiger charge is 2.10. The number of nitrogens with zero attached hydrogens (tertiary/aromatic N) is 3. The van der Waals surface area contributed by atoms with Crippen LogP contribution >= 0.6 is 0 Å². The molecule has 5 heteroatoms. The second-order valence-corrected chi connectivity index (χ2v) is 4.23. The summed E-state index contributed by atoms with van der Waals surface area (Å²) in [7, 11) is 1.75. The van der Waals surface area contributed by atoms with Crippen molar-refractivity contribution in [3.8, 4) is 11.3 Å². The van der Waals surface area contributed by atoms with E-state index >= 15 is 0 Å². The molecular formula is C13H17FN4. The molecule has 0 aliphatic heterocycles. The first-order valence-electron chi connectivity index (χ1n) is 6.06. The molecule has 18 heavy (non-hydrogen) atoms. The van der Waals surface area contributed by atoms with Gasteiger partial charge in [-0.05, 0) is 30.7 Å². The van der Waals surface area contributed by atoms with E-state index in [0.29, 0.717) is 11.3 Å². The molecule has 2 aromatic rings. The van der Waals surface area contributed by atoms with Crippen LogP contribution < -0.4 is 5.32 Å². The summed E-state index contributed by atoms with van der Waals surface area (Å²) >= 11 is 0. The van der Waals surface area contributed by atoms with Gasteiger partial charge in [0.25, 0.3) is 0 Å². The number of rotatable bonds is 5. The summed E-state index contributed by atoms with van der Waals surface area (Å²) in [5.41, 5.74) is 2.28. The Labute approximate surface area is 106 Å². The van der Waals surface area contributed by atoms with Gasteiger partial charge in [-0.3, -0.25) is 0 Å². The van der Waals surface area contributed by atoms with E-state index in [1.54, 1.807) is 24.0 Å². The van der Waals surface area contributed by atoms with Crippen LogP contribution in [0.4, 0.5) is 4.39 Å². The summed E-state index contributed by atoms with van der Waals surface area (Å²) in [6, 6.07) is 5.13. The first-order chi connectivity index (χ1) is 8.72. The molecule has 96 valence electrons. The van der Waals surface area contributed by atoms with Crippen molar-refractivity contribution in [3.05, 3.63) is 35.8 Å². The van der Waals surface area contributed by atoms with Crippen molar-refractivity contribution in [2.24, 2.45) is 7.05 Å². The van der Waals surface area contributed by atoms with E-state index in [0.717, 1.165) is 25.1 Å². The van der Waals surface area contributed by atoms with Gasteiger partial charge < -0.3 is 5.32 Å². The third kappa shape index (κ3) is 2.73. The van der Waals surface area contributed by atoms with Gasteiger partial charge in [0.15, 0.2) is 0 Å². The van der Waals surface area contributed by atoms with Crippen LogP contribution in [0.15, 0.2) is 24.4 Å². The molecule has 2 rings (SSSR count). The van der Waals surface area contributed by atoms with Crippen LogP contribution in [0.5, 0.6) is 0 Å². The number of benzene rings is 1. The summed E-state index contributed by atoms with van der Waals surface area (Å²) in [6.45, 7) is 3.82. The van der Waals surface area contributed by atoms with Gasteiger partial charge in [0, 0.05) is 19.2 Å². The maximum Gasteiger partial charge on any atom is 0.132 e. The fourth-order valence-electron chi connectivity index (χ4n) is 1.82. The molecule has 0 bridgehead atoms. The lowest BCUT2D eigenvalue weighted by molar-refractivity contribution is 0.624. The molecule has 0 fully saturated rings. The largest absolute Gasteiger partial charge is 0.313 e. The minimum Gasteiger partial charge on any atom is -0.313 e. The third-order valence-corrected chi connectivity index (χ3v) is 2.78. The molecule has 1 aromatic heterocycles. The van der Waals surface area contributed by atoms with Crippen molar-refractivity contribution in [3.63, 3.8) is 0 Å². The Hall–Kier alpha value is -1.75. The normalized spacial score (nSPS) is 10.8. The van der Waals surface area contributed by atoms with Crippen molar-refractivity contribution in [2.75, 3.05) is 6.54 Å². The van der Waals surface area contributed by atoms with E-state index < -0.39 is 0 Å². The predicted molar refractivity (Wildman–Crippen MR) is 68.4 cm³/mol. The van der Waals surface area contributed by atoms with E-state index in [9.17, 15) is 4.39 Å². The predicted octanol–water partition coefficient (Wildman–Crippen LogP) is 2.12. The minimum atomic E-state index is -0.250. The first-order valence-corrected chi connectivity index (χ1v) is 6.06. The Morgan fingerprint density at radius 1 is 1.39 bits per heavy atom. The van der Waals surface area contributed by atoms with E-state index in [4.69, 9.17) is 0 Å². The van der Waals surface area contributed by atoms with Gasteiger partial charge in [0.2, 0.25) is 0 Å². The van der Waals surface area contributed by atoms with E-state index in [2.05, 4.69) is 22.6 Å². The first kappa shape index (κ1) is 12.7. The van der Waals surface area contributed by atoms with Gasteiger partial charge in [0.1, 0.15) is 5.82 Å².